The van der Waals surface area contributed by atoms with Crippen LogP contribution >= 0.6 is 11.3 Å². The van der Waals surface area contributed by atoms with Gasteiger partial charge in [0.15, 0.2) is 0 Å². The minimum atomic E-state index is -0.0774. The van der Waals surface area contributed by atoms with Gasteiger partial charge in [-0.1, -0.05) is 23.4 Å². The van der Waals surface area contributed by atoms with Crippen LogP contribution in [0.4, 0.5) is 9.80 Å². The number of hydrogen-bond acceptors (Lipinski definition) is 5. The topological polar surface area (TPSA) is 72.3 Å². The first kappa shape index (κ1) is 15.6. The van der Waals surface area contributed by atoms with Gasteiger partial charge in [-0.2, -0.15) is 0 Å². The number of ether oxygens (including phenoxy) is 1. The summed E-state index contributed by atoms with van der Waals surface area (Å²) in [4.78, 5) is 13.8. The van der Waals surface area contributed by atoms with Crippen molar-refractivity contribution in [3.63, 3.8) is 0 Å². The number of hydrogen-bond donors (Lipinski definition) is 1. The second-order valence-electron chi connectivity index (χ2n) is 5.76. The van der Waals surface area contributed by atoms with E-state index in [1.807, 2.05) is 54.0 Å². The first-order valence-electron chi connectivity index (χ1n) is 7.96. The Morgan fingerprint density at radius 1 is 1.24 bits per heavy atom. The summed E-state index contributed by atoms with van der Waals surface area (Å²) < 4.78 is 7.47. The highest BCUT2D eigenvalue weighted by Gasteiger charge is 2.33. The summed E-state index contributed by atoms with van der Waals surface area (Å²) >= 11 is 1.51. The smallest absolute Gasteiger partial charge is 0.322 e. The van der Waals surface area contributed by atoms with Crippen molar-refractivity contribution in [1.82, 2.24) is 19.9 Å². The number of likely N-dealkylation sites (tertiary alicyclic amines) is 1. The lowest BCUT2D eigenvalue weighted by atomic mass is 10.1. The van der Waals surface area contributed by atoms with Gasteiger partial charge in [0.2, 0.25) is 0 Å². The summed E-state index contributed by atoms with van der Waals surface area (Å²) in [6.07, 6.45) is 1.88. The number of nitrogens with one attached hydrogen (secondary N) is 1. The van der Waals surface area contributed by atoms with Crippen LogP contribution < -0.4 is 10.1 Å². The number of benzene rings is 1. The van der Waals surface area contributed by atoms with E-state index in [0.29, 0.717) is 19.7 Å². The van der Waals surface area contributed by atoms with Crippen molar-refractivity contribution in [2.24, 2.45) is 0 Å². The summed E-state index contributed by atoms with van der Waals surface area (Å²) in [6, 6.07) is 13.5. The molecule has 0 radical (unpaired) electrons. The van der Waals surface area contributed by atoms with Crippen LogP contribution in [0.1, 0.15) is 11.7 Å². The van der Waals surface area contributed by atoms with Crippen molar-refractivity contribution in [2.45, 2.75) is 12.6 Å². The Hall–Kier alpha value is -2.87. The fourth-order valence-electron chi connectivity index (χ4n) is 2.55. The van der Waals surface area contributed by atoms with Crippen molar-refractivity contribution in [2.75, 3.05) is 18.4 Å². The Bertz CT molecular complexity index is 828. The summed E-state index contributed by atoms with van der Waals surface area (Å²) in [5.41, 5.74) is 0.769. The molecule has 1 fully saturated rings. The van der Waals surface area contributed by atoms with E-state index in [9.17, 15) is 4.79 Å². The normalized spacial score (nSPS) is 14.2. The summed E-state index contributed by atoms with van der Waals surface area (Å²) in [5, 5.41) is 14.0. The fourth-order valence-corrected chi connectivity index (χ4v) is 3.16. The predicted octanol–water partition coefficient (Wildman–Crippen LogP) is 3.01. The van der Waals surface area contributed by atoms with Gasteiger partial charge in [0.05, 0.1) is 17.2 Å². The molecule has 1 aliphatic rings. The van der Waals surface area contributed by atoms with Gasteiger partial charge in [0.25, 0.3) is 0 Å². The Kier molecular flexibility index (Phi) is 4.34. The maximum atomic E-state index is 12.1. The molecule has 1 saturated heterocycles. The zero-order chi connectivity index (χ0) is 17.1. The molecule has 3 aromatic rings. The molecule has 0 spiro atoms. The zero-order valence-corrected chi connectivity index (χ0v) is 14.2. The van der Waals surface area contributed by atoms with Crippen LogP contribution in [0.2, 0.25) is 0 Å². The Labute approximate surface area is 148 Å². The van der Waals surface area contributed by atoms with Gasteiger partial charge in [-0.25, -0.2) is 9.48 Å². The van der Waals surface area contributed by atoms with E-state index < -0.39 is 0 Å². The molecule has 0 atom stereocenters. The van der Waals surface area contributed by atoms with E-state index in [2.05, 4.69) is 15.6 Å². The number of carbonyl (C=O) groups excluding carboxylic acids is 1. The number of aromatic nitrogens is 3. The number of rotatable bonds is 5. The van der Waals surface area contributed by atoms with E-state index in [-0.39, 0.29) is 12.1 Å². The molecule has 128 valence electrons. The second kappa shape index (κ2) is 6.94. The summed E-state index contributed by atoms with van der Waals surface area (Å²) in [6.45, 7) is 1.62. The zero-order valence-electron chi connectivity index (χ0n) is 13.4. The van der Waals surface area contributed by atoms with Gasteiger partial charge >= 0.3 is 6.03 Å². The number of thiophene rings is 1. The molecule has 7 nitrogen and oxygen atoms in total. The van der Waals surface area contributed by atoms with Crippen molar-refractivity contribution in [3.05, 3.63) is 59.7 Å². The molecular formula is C17H17N5O2S. The van der Waals surface area contributed by atoms with E-state index in [1.54, 1.807) is 9.58 Å². The maximum absolute atomic E-state index is 12.1. The molecule has 8 heteroatoms. The minimum absolute atomic E-state index is 0.0774. The number of anilines is 1. The Morgan fingerprint density at radius 2 is 2.08 bits per heavy atom. The second-order valence-corrected chi connectivity index (χ2v) is 6.71. The lowest BCUT2D eigenvalue weighted by Gasteiger charge is -2.38. The molecule has 2 aromatic heterocycles. The first-order chi connectivity index (χ1) is 12.3. The molecule has 0 unspecified atom stereocenters. The SMILES string of the molecule is O=C(Nc1cccs1)N1CC(n2cc(COc3ccccc3)nn2)C1. The lowest BCUT2D eigenvalue weighted by molar-refractivity contribution is 0.127. The summed E-state index contributed by atoms with van der Waals surface area (Å²) in [5.74, 6) is 0.803. The highest BCUT2D eigenvalue weighted by molar-refractivity contribution is 7.14. The highest BCUT2D eigenvalue weighted by Crippen LogP contribution is 2.23. The Morgan fingerprint density at radius 3 is 2.84 bits per heavy atom. The van der Waals surface area contributed by atoms with Gasteiger partial charge < -0.3 is 9.64 Å². The molecule has 0 aliphatic carbocycles. The van der Waals surface area contributed by atoms with Crippen molar-refractivity contribution in [1.29, 1.82) is 0 Å². The van der Waals surface area contributed by atoms with Gasteiger partial charge in [0, 0.05) is 13.1 Å². The van der Waals surface area contributed by atoms with E-state index in [4.69, 9.17) is 4.74 Å². The molecule has 1 aromatic carbocycles. The molecular weight excluding hydrogens is 338 g/mol. The van der Waals surface area contributed by atoms with Crippen molar-refractivity contribution < 1.29 is 9.53 Å². The van der Waals surface area contributed by atoms with Crippen LogP contribution in [0.3, 0.4) is 0 Å². The minimum Gasteiger partial charge on any atom is -0.487 e. The quantitative estimate of drug-likeness (QED) is 0.764. The van der Waals surface area contributed by atoms with E-state index >= 15 is 0 Å². The van der Waals surface area contributed by atoms with Crippen molar-refractivity contribution in [3.8, 4) is 5.75 Å². The van der Waals surface area contributed by atoms with E-state index in [0.717, 1.165) is 16.4 Å². The van der Waals surface area contributed by atoms with Crippen LogP contribution in [0.15, 0.2) is 54.0 Å². The predicted molar refractivity (Wildman–Crippen MR) is 94.7 cm³/mol. The molecule has 2 amide bonds. The third kappa shape index (κ3) is 3.63. The fraction of sp³-hybridized carbons (Fsp3) is 0.235. The molecule has 1 aliphatic heterocycles. The van der Waals surface area contributed by atoms with Crippen LogP contribution in [0.5, 0.6) is 5.75 Å². The van der Waals surface area contributed by atoms with Gasteiger partial charge in [-0.3, -0.25) is 5.32 Å². The lowest BCUT2D eigenvalue weighted by Crippen LogP contribution is -2.52. The standard InChI is InChI=1S/C17H17N5O2S/c23-17(18-16-7-4-8-25-16)21-10-14(11-21)22-9-13(19-20-22)12-24-15-5-2-1-3-6-15/h1-9,14H,10-12H2,(H,18,23). The van der Waals surface area contributed by atoms with Gasteiger partial charge in [-0.05, 0) is 29.6 Å². The number of urea groups is 1. The number of amides is 2. The molecule has 3 heterocycles. The average Bonchev–Trinajstić information content (AvgIpc) is 3.25. The van der Waals surface area contributed by atoms with Crippen LogP contribution in [-0.4, -0.2) is 39.0 Å². The monoisotopic (exact) mass is 355 g/mol. The van der Waals surface area contributed by atoms with Crippen LogP contribution in [0, 0.1) is 0 Å². The average molecular weight is 355 g/mol. The third-order valence-corrected chi connectivity index (χ3v) is 4.75. The van der Waals surface area contributed by atoms with Gasteiger partial charge in [-0.15, -0.1) is 16.4 Å². The number of carbonyl (C=O) groups is 1. The third-order valence-electron chi connectivity index (χ3n) is 3.96. The molecule has 25 heavy (non-hydrogen) atoms. The maximum Gasteiger partial charge on any atom is 0.322 e. The van der Waals surface area contributed by atoms with Gasteiger partial charge in [0.1, 0.15) is 18.1 Å². The number of nitrogens with zero attached hydrogens (tertiary/aromatic N) is 4. The molecule has 4 rings (SSSR count). The first-order valence-corrected chi connectivity index (χ1v) is 8.84. The Balaban J connectivity index is 1.27. The van der Waals surface area contributed by atoms with E-state index in [1.165, 1.54) is 11.3 Å². The molecule has 0 saturated carbocycles. The van der Waals surface area contributed by atoms with Crippen molar-refractivity contribution >= 4 is 22.4 Å². The highest BCUT2D eigenvalue weighted by atomic mass is 32.1. The molecule has 0 bridgehead atoms. The van der Waals surface area contributed by atoms with Crippen LogP contribution in [-0.2, 0) is 6.61 Å². The molecule has 1 N–H and O–H groups in total. The summed E-state index contributed by atoms with van der Waals surface area (Å²) in [7, 11) is 0. The number of para-hydroxylation sites is 1. The van der Waals surface area contributed by atoms with Crippen LogP contribution in [0.25, 0.3) is 0 Å². The largest absolute Gasteiger partial charge is 0.487 e.